The molecular weight excluding hydrogens is 851 g/mol. The Bertz CT molecular complexity index is 2590. The predicted octanol–water partition coefficient (Wildman–Crippen LogP) is 3.90. The van der Waals surface area contributed by atoms with Gasteiger partial charge in [-0.25, -0.2) is 14.6 Å². The first-order chi connectivity index (χ1) is 32.1. The molecule has 1 aliphatic carbocycles. The first-order valence-corrected chi connectivity index (χ1v) is 22.0. The maximum atomic E-state index is 13.3. The summed E-state index contributed by atoms with van der Waals surface area (Å²) in [5, 5.41) is 19.2. The number of anilines is 3. The number of oxazole rings is 1. The highest BCUT2D eigenvalue weighted by Gasteiger charge is 2.45. The van der Waals surface area contributed by atoms with Gasteiger partial charge in [0.1, 0.15) is 18.1 Å². The van der Waals surface area contributed by atoms with E-state index in [0.717, 1.165) is 36.4 Å². The Morgan fingerprint density at radius 1 is 0.879 bits per heavy atom. The number of rotatable bonds is 24. The number of pyridine rings is 1. The number of nitrogens with zero attached hydrogens (tertiary/aromatic N) is 5. The molecule has 66 heavy (non-hydrogen) atoms. The number of hydrogen-bond acceptors (Lipinski definition) is 15. The third kappa shape index (κ3) is 11.1. The Kier molecular flexibility index (Phi) is 14.5. The van der Waals surface area contributed by atoms with Crippen molar-refractivity contribution in [2.45, 2.75) is 57.5 Å². The molecule has 5 aromatic rings. The van der Waals surface area contributed by atoms with Crippen molar-refractivity contribution < 1.29 is 42.7 Å². The van der Waals surface area contributed by atoms with Gasteiger partial charge in [0.2, 0.25) is 17.7 Å². The highest BCUT2D eigenvalue weighted by Crippen LogP contribution is 2.33. The van der Waals surface area contributed by atoms with Gasteiger partial charge in [-0.05, 0) is 92.9 Å². The zero-order valence-electron chi connectivity index (χ0n) is 36.2. The van der Waals surface area contributed by atoms with Crippen molar-refractivity contribution in [2.75, 3.05) is 62.0 Å². The van der Waals surface area contributed by atoms with Crippen molar-refractivity contribution in [1.82, 2.24) is 35.3 Å². The minimum Gasteiger partial charge on any atom is -0.444 e. The second-order valence-corrected chi connectivity index (χ2v) is 16.2. The van der Waals surface area contributed by atoms with Crippen molar-refractivity contribution in [1.29, 1.82) is 0 Å². The molecule has 8 rings (SSSR count). The molecule has 1 saturated carbocycles. The van der Waals surface area contributed by atoms with Crippen molar-refractivity contribution in [3.05, 3.63) is 101 Å². The van der Waals surface area contributed by atoms with Crippen LogP contribution in [0, 0.1) is 5.92 Å². The number of carbonyl (C=O) groups is 6. The van der Waals surface area contributed by atoms with Crippen molar-refractivity contribution in [2.24, 2.45) is 11.7 Å². The number of ether oxygens (including phenoxy) is 2. The van der Waals surface area contributed by atoms with Gasteiger partial charge in [0.05, 0.1) is 28.7 Å². The van der Waals surface area contributed by atoms with E-state index in [0.29, 0.717) is 74.6 Å². The molecule has 0 radical (unpaired) electrons. The lowest BCUT2D eigenvalue weighted by Gasteiger charge is -2.27. The maximum absolute atomic E-state index is 13.3. The summed E-state index contributed by atoms with van der Waals surface area (Å²) in [6.07, 6.45) is 9.25. The number of primary amides is 1. The molecule has 1 unspecified atom stereocenters. The molecule has 3 aromatic heterocycles. The van der Waals surface area contributed by atoms with Crippen LogP contribution in [0.15, 0.2) is 77.7 Å². The van der Waals surface area contributed by atoms with Gasteiger partial charge < -0.3 is 40.9 Å². The molecule has 20 nitrogen and oxygen atoms in total. The maximum Gasteiger partial charge on any atom is 0.277 e. The van der Waals surface area contributed by atoms with Crippen LogP contribution in [0.25, 0.3) is 17.1 Å². The number of amides is 6. The summed E-state index contributed by atoms with van der Waals surface area (Å²) in [6.45, 7) is 4.95. The number of fused-ring (bicyclic) bond motifs is 1. The summed E-state index contributed by atoms with van der Waals surface area (Å²) in [4.78, 5) is 85.3. The normalized spacial score (nSPS) is 15.8. The quantitative estimate of drug-likeness (QED) is 0.0379. The Morgan fingerprint density at radius 3 is 2.41 bits per heavy atom. The molecule has 6 amide bonds. The number of imide groups is 2. The summed E-state index contributed by atoms with van der Waals surface area (Å²) >= 11 is 0. The largest absolute Gasteiger partial charge is 0.444 e. The van der Waals surface area contributed by atoms with Crippen LogP contribution in [0.4, 0.5) is 17.2 Å². The first-order valence-electron chi connectivity index (χ1n) is 22.0. The van der Waals surface area contributed by atoms with Crippen molar-refractivity contribution >= 4 is 52.6 Å². The second-order valence-electron chi connectivity index (χ2n) is 16.2. The lowest BCUT2D eigenvalue weighted by atomic mass is 10.0. The molecule has 0 spiro atoms. The third-order valence-electron chi connectivity index (χ3n) is 11.2. The van der Waals surface area contributed by atoms with E-state index in [1.165, 1.54) is 30.0 Å². The van der Waals surface area contributed by atoms with E-state index in [1.807, 2.05) is 30.3 Å². The second kappa shape index (κ2) is 21.1. The summed E-state index contributed by atoms with van der Waals surface area (Å²) in [7, 11) is 0. The van der Waals surface area contributed by atoms with E-state index in [1.54, 1.807) is 30.5 Å². The van der Waals surface area contributed by atoms with Gasteiger partial charge in [-0.1, -0.05) is 18.2 Å². The molecule has 1 saturated heterocycles. The molecule has 3 aliphatic rings. The smallest absolute Gasteiger partial charge is 0.277 e. The van der Waals surface area contributed by atoms with E-state index in [2.05, 4.69) is 41.7 Å². The topological polar surface area (TPSA) is 267 Å². The molecule has 7 N–H and O–H groups in total. The third-order valence-corrected chi connectivity index (χ3v) is 11.2. The van der Waals surface area contributed by atoms with Crippen LogP contribution in [0.3, 0.4) is 0 Å². The lowest BCUT2D eigenvalue weighted by Crippen LogP contribution is -2.54. The minimum absolute atomic E-state index is 0.0183. The average molecular weight is 902 g/mol. The van der Waals surface area contributed by atoms with Gasteiger partial charge in [-0.3, -0.25) is 39.0 Å². The number of carbonyl (C=O) groups excluding carboxylic acids is 6. The monoisotopic (exact) mass is 901 g/mol. The highest BCUT2D eigenvalue weighted by atomic mass is 16.5. The SMILES string of the molecule is NC(=O)c1nn(-c2ccc(CNCCCOCCCOCCCNc3cccc4c3C(=O)N(C3CCC(=O)NC3=O)C4=O)cc2)cc1NC(=O)c1coc(-c2ccnc(NCC3CC3)c2)n1. The van der Waals surface area contributed by atoms with Gasteiger partial charge >= 0.3 is 0 Å². The van der Waals surface area contributed by atoms with Crippen LogP contribution in [0.1, 0.15) is 92.2 Å². The van der Waals surface area contributed by atoms with Crippen LogP contribution in [0.5, 0.6) is 0 Å². The van der Waals surface area contributed by atoms with Gasteiger partial charge in [0.15, 0.2) is 11.4 Å². The molecule has 5 heterocycles. The molecule has 2 fully saturated rings. The molecule has 2 aliphatic heterocycles. The van der Waals surface area contributed by atoms with Gasteiger partial charge in [-0.15, -0.1) is 0 Å². The van der Waals surface area contributed by atoms with E-state index in [4.69, 9.17) is 19.6 Å². The van der Waals surface area contributed by atoms with Crippen molar-refractivity contribution in [3.63, 3.8) is 0 Å². The Balaban J connectivity index is 0.686. The molecule has 20 heteroatoms. The minimum atomic E-state index is -1.01. The Morgan fingerprint density at radius 2 is 1.65 bits per heavy atom. The number of benzene rings is 2. The fraction of sp³-hybridized carbons (Fsp3) is 0.370. The summed E-state index contributed by atoms with van der Waals surface area (Å²) in [6, 6.07) is 15.1. The van der Waals surface area contributed by atoms with E-state index >= 15 is 0 Å². The number of nitrogens with two attached hydrogens (primary N) is 1. The van der Waals surface area contributed by atoms with Gasteiger partial charge in [0.25, 0.3) is 23.6 Å². The van der Waals surface area contributed by atoms with Crippen LogP contribution >= 0.6 is 0 Å². The highest BCUT2D eigenvalue weighted by molar-refractivity contribution is 6.25. The Labute approximate surface area is 379 Å². The van der Waals surface area contributed by atoms with Crippen LogP contribution in [-0.4, -0.2) is 112 Å². The molecule has 344 valence electrons. The van der Waals surface area contributed by atoms with Gasteiger partial charge in [0, 0.05) is 69.9 Å². The standard InChI is InChI=1S/C46H51N11O9/c47-41(59)40-34(52-42(60)35-27-66-44(53-35)30-15-18-50-37(23-30)51-25-29-7-8-29)26-56(55-40)31-11-9-28(10-12-31)24-48-16-2-19-64-21-4-22-65-20-3-17-49-33-6-1-5-32-39(33)46(63)57(45(32)62)36-13-14-38(58)54-43(36)61/h1,5-6,9-12,15,18,23,26-27,29,36,48-49H,2-4,7-8,13-14,16-17,19-22,24-25H2,(H2,47,59)(H,50,51)(H,52,60)(H,54,58,61). The number of aromatic nitrogens is 4. The molecule has 1 atom stereocenters. The summed E-state index contributed by atoms with van der Waals surface area (Å²) in [5.41, 5.74) is 9.01. The fourth-order valence-corrected chi connectivity index (χ4v) is 7.53. The van der Waals surface area contributed by atoms with E-state index in [9.17, 15) is 28.8 Å². The first kappa shape index (κ1) is 45.3. The van der Waals surface area contributed by atoms with Crippen LogP contribution in [0.2, 0.25) is 0 Å². The molecule has 0 bridgehead atoms. The number of nitrogens with one attached hydrogen (secondary N) is 5. The number of hydrogen-bond donors (Lipinski definition) is 6. The van der Waals surface area contributed by atoms with E-state index in [-0.39, 0.29) is 46.9 Å². The average Bonchev–Trinajstić information content (AvgIpc) is 3.72. The zero-order chi connectivity index (χ0) is 46.0. The lowest BCUT2D eigenvalue weighted by molar-refractivity contribution is -0.136. The fourth-order valence-electron chi connectivity index (χ4n) is 7.53. The zero-order valence-corrected chi connectivity index (χ0v) is 36.2. The summed E-state index contributed by atoms with van der Waals surface area (Å²) in [5.74, 6) is -1.90. The predicted molar refractivity (Wildman–Crippen MR) is 240 cm³/mol. The van der Waals surface area contributed by atoms with Gasteiger partial charge in [-0.2, -0.15) is 5.10 Å². The Hall–Kier alpha value is -7.29. The van der Waals surface area contributed by atoms with Crippen LogP contribution in [-0.2, 0) is 25.6 Å². The molecular formula is C46H51N11O9. The summed E-state index contributed by atoms with van der Waals surface area (Å²) < 4.78 is 18.6. The van der Waals surface area contributed by atoms with Crippen LogP contribution < -0.4 is 32.3 Å². The number of piperidine rings is 1. The van der Waals surface area contributed by atoms with Crippen molar-refractivity contribution in [3.8, 4) is 17.1 Å². The van der Waals surface area contributed by atoms with E-state index < -0.39 is 41.5 Å². The molecule has 2 aromatic carbocycles.